The Morgan fingerprint density at radius 3 is 2.40 bits per heavy atom. The van der Waals surface area contributed by atoms with E-state index in [0.29, 0.717) is 19.3 Å². The Balaban J connectivity index is 1.24. The molecule has 1 saturated heterocycles. The number of likely N-dealkylation sites (tertiary alicyclic amines) is 1. The maximum absolute atomic E-state index is 14.7. The van der Waals surface area contributed by atoms with Crippen LogP contribution in [0.1, 0.15) is 95.2 Å². The van der Waals surface area contributed by atoms with Crippen molar-refractivity contribution in [3.05, 3.63) is 71.3 Å². The van der Waals surface area contributed by atoms with Crippen molar-refractivity contribution >= 4 is 35.1 Å². The molecule has 3 N–H and O–H groups in total. The van der Waals surface area contributed by atoms with E-state index in [1.807, 2.05) is 89.2 Å². The molecule has 0 unspecified atom stereocenters. The first-order valence-corrected chi connectivity index (χ1v) is 17.9. The zero-order valence-electron chi connectivity index (χ0n) is 29.7. The third kappa shape index (κ3) is 7.76. The fourth-order valence-electron chi connectivity index (χ4n) is 7.19. The van der Waals surface area contributed by atoms with E-state index in [9.17, 15) is 24.0 Å². The van der Waals surface area contributed by atoms with Gasteiger partial charge in [-0.15, -0.1) is 0 Å². The molecule has 2 aromatic carbocycles. The number of Topliss-reactive ketones (excluding diaryl/α,β-unsaturated/α-hetero) is 1. The minimum Gasteiger partial charge on any atom is -0.387 e. The number of oxime groups is 1. The number of carbonyl (C=O) groups is 5. The van der Waals surface area contributed by atoms with Crippen LogP contribution >= 0.6 is 0 Å². The molecule has 11 heteroatoms. The number of nitrogens with one attached hydrogen (secondary N) is 3. The predicted octanol–water partition coefficient (Wildman–Crippen LogP) is 3.93. The molecule has 6 atom stereocenters. The molecule has 3 fully saturated rings. The van der Waals surface area contributed by atoms with Gasteiger partial charge in [-0.05, 0) is 55.1 Å². The summed E-state index contributed by atoms with van der Waals surface area (Å²) >= 11 is 0. The monoisotopic (exact) mass is 683 g/mol. The molecule has 0 bridgehead atoms. The molecule has 2 saturated carbocycles. The van der Waals surface area contributed by atoms with E-state index in [1.54, 1.807) is 0 Å². The highest BCUT2D eigenvalue weighted by atomic mass is 16.7. The van der Waals surface area contributed by atoms with Gasteiger partial charge >= 0.3 is 0 Å². The number of hydrogen-bond acceptors (Lipinski definition) is 7. The Morgan fingerprint density at radius 2 is 1.74 bits per heavy atom. The lowest BCUT2D eigenvalue weighted by atomic mass is 9.85. The normalized spacial score (nSPS) is 25.3. The molecular formula is C39H49N5O6. The van der Waals surface area contributed by atoms with E-state index in [-0.39, 0.29) is 43.2 Å². The highest BCUT2D eigenvalue weighted by molar-refractivity contribution is 6.38. The summed E-state index contributed by atoms with van der Waals surface area (Å²) in [4.78, 5) is 76.0. The molecule has 11 nitrogen and oxygen atoms in total. The third-order valence-corrected chi connectivity index (χ3v) is 10.3. The lowest BCUT2D eigenvalue weighted by molar-refractivity contribution is -0.145. The Morgan fingerprint density at radius 1 is 1.00 bits per heavy atom. The molecule has 6 rings (SSSR count). The number of aryl methyl sites for hydroxylation is 1. The van der Waals surface area contributed by atoms with Crippen molar-refractivity contribution in [2.45, 2.75) is 115 Å². The Hall–Kier alpha value is -4.54. The van der Waals surface area contributed by atoms with Crippen LogP contribution in [0, 0.1) is 18.3 Å². The second-order valence-electron chi connectivity index (χ2n) is 15.7. The van der Waals surface area contributed by atoms with Gasteiger partial charge in [0.25, 0.3) is 5.91 Å². The van der Waals surface area contributed by atoms with Crippen molar-refractivity contribution < 1.29 is 28.8 Å². The summed E-state index contributed by atoms with van der Waals surface area (Å²) in [6.45, 7) is 9.60. The topological polar surface area (TPSA) is 146 Å². The first kappa shape index (κ1) is 35.3. The van der Waals surface area contributed by atoms with Crippen LogP contribution in [-0.4, -0.2) is 76.3 Å². The summed E-state index contributed by atoms with van der Waals surface area (Å²) in [7, 11) is 0. The van der Waals surface area contributed by atoms with Crippen LogP contribution < -0.4 is 16.0 Å². The Bertz CT molecular complexity index is 1680. The summed E-state index contributed by atoms with van der Waals surface area (Å²) < 4.78 is 0. The van der Waals surface area contributed by atoms with Gasteiger partial charge in [0.2, 0.25) is 23.5 Å². The second-order valence-corrected chi connectivity index (χ2v) is 15.7. The van der Waals surface area contributed by atoms with Crippen LogP contribution in [0.2, 0.25) is 0 Å². The van der Waals surface area contributed by atoms with Crippen LogP contribution in [0.15, 0.2) is 59.8 Å². The van der Waals surface area contributed by atoms with Gasteiger partial charge in [0.1, 0.15) is 12.1 Å². The van der Waals surface area contributed by atoms with Gasteiger partial charge in [-0.1, -0.05) is 99.4 Å². The van der Waals surface area contributed by atoms with E-state index in [4.69, 9.17) is 4.84 Å². The third-order valence-electron chi connectivity index (χ3n) is 10.3. The zero-order valence-corrected chi connectivity index (χ0v) is 29.7. The van der Waals surface area contributed by atoms with E-state index in [0.717, 1.165) is 35.2 Å². The maximum Gasteiger partial charge on any atom is 0.289 e. The smallest absolute Gasteiger partial charge is 0.289 e. The summed E-state index contributed by atoms with van der Waals surface area (Å²) in [5, 5.41) is 13.0. The zero-order chi connectivity index (χ0) is 35.8. The van der Waals surface area contributed by atoms with Crippen molar-refractivity contribution in [2.24, 2.45) is 16.5 Å². The standard InChI is InChI=1S/C39H49N5O6/c1-6-11-29(32(45)36(48)40-26-16-17-26)41-35(47)31-21-39(20-30(43-50-39)25-15-10-12-23(2)18-25)22-44(31)37(49)33(38(3,4)5)42-34(46)28-19-27(28)24-13-8-7-9-14-24/h7-10,12-15,18,26-29,31,33H,6,11,16-17,19-22H2,1-5H3,(H,40,48)(H,41,47)(H,42,46)/t27-,28+,29-,31-,33+,39+/m0/s1. The maximum atomic E-state index is 14.7. The minimum absolute atomic E-state index is 0.00232. The number of carbonyl (C=O) groups excluding carboxylic acids is 5. The highest BCUT2D eigenvalue weighted by Gasteiger charge is 2.56. The minimum atomic E-state index is -1.04. The van der Waals surface area contributed by atoms with Crippen molar-refractivity contribution in [1.29, 1.82) is 0 Å². The van der Waals surface area contributed by atoms with Crippen LogP contribution in [-0.2, 0) is 28.8 Å². The molecule has 2 aromatic rings. The number of hydrogen-bond donors (Lipinski definition) is 3. The van der Waals surface area contributed by atoms with E-state index < -0.39 is 52.6 Å². The number of nitrogens with zero attached hydrogens (tertiary/aromatic N) is 2. The molecule has 2 aliphatic heterocycles. The van der Waals surface area contributed by atoms with Crippen molar-refractivity contribution in [3.8, 4) is 0 Å². The average molecular weight is 684 g/mol. The van der Waals surface area contributed by atoms with Crippen molar-refractivity contribution in [3.63, 3.8) is 0 Å². The Labute approximate surface area is 293 Å². The van der Waals surface area contributed by atoms with E-state index >= 15 is 0 Å². The highest BCUT2D eigenvalue weighted by Crippen LogP contribution is 2.48. The molecule has 0 aromatic heterocycles. The van der Waals surface area contributed by atoms with Crippen molar-refractivity contribution in [2.75, 3.05) is 6.54 Å². The van der Waals surface area contributed by atoms with E-state index in [1.165, 1.54) is 4.90 Å². The first-order chi connectivity index (χ1) is 23.8. The molecule has 50 heavy (non-hydrogen) atoms. The SMILES string of the molecule is CCC[C@H](NC(=O)[C@@H]1C[C@]2(CC(c3cccc(C)c3)=NO2)CN1C(=O)[C@@H](NC(=O)[C@@H]1C[C@H]1c1ccccc1)C(C)(C)C)C(=O)C(=O)NC1CC1. The van der Waals surface area contributed by atoms with Crippen molar-refractivity contribution in [1.82, 2.24) is 20.9 Å². The predicted molar refractivity (Wildman–Crippen MR) is 188 cm³/mol. The molecule has 2 heterocycles. The lowest BCUT2D eigenvalue weighted by Crippen LogP contribution is -2.59. The van der Waals surface area contributed by atoms with Gasteiger partial charge in [0.15, 0.2) is 5.60 Å². The summed E-state index contributed by atoms with van der Waals surface area (Å²) in [5.74, 6) is -2.70. The number of amides is 4. The Kier molecular flexibility index (Phi) is 9.88. The van der Waals surface area contributed by atoms with Gasteiger partial charge in [-0.2, -0.15) is 0 Å². The average Bonchev–Trinajstić information content (AvgIpc) is 4.00. The van der Waals surface area contributed by atoms with Crippen LogP contribution in [0.4, 0.5) is 0 Å². The largest absolute Gasteiger partial charge is 0.387 e. The second kappa shape index (κ2) is 14.0. The molecule has 4 aliphatic rings. The molecule has 266 valence electrons. The van der Waals surface area contributed by atoms with Gasteiger partial charge in [0.05, 0.1) is 18.3 Å². The number of benzene rings is 2. The molecule has 2 aliphatic carbocycles. The van der Waals surface area contributed by atoms with Gasteiger partial charge in [0, 0.05) is 24.8 Å². The molecule has 1 spiro atoms. The van der Waals surface area contributed by atoms with Gasteiger partial charge in [-0.25, -0.2) is 0 Å². The van der Waals surface area contributed by atoms with Gasteiger partial charge < -0.3 is 25.7 Å². The number of ketones is 1. The molecule has 0 radical (unpaired) electrons. The lowest BCUT2D eigenvalue weighted by Gasteiger charge is -2.35. The summed E-state index contributed by atoms with van der Waals surface area (Å²) in [6.07, 6.45) is 3.70. The molecular weight excluding hydrogens is 634 g/mol. The summed E-state index contributed by atoms with van der Waals surface area (Å²) in [6, 6.07) is 14.8. The fourth-order valence-corrected chi connectivity index (χ4v) is 7.19. The number of rotatable bonds is 12. The fraction of sp³-hybridized carbons (Fsp3) is 0.538. The van der Waals surface area contributed by atoms with Crippen LogP contribution in [0.25, 0.3) is 0 Å². The van der Waals surface area contributed by atoms with Gasteiger partial charge in [-0.3, -0.25) is 24.0 Å². The van der Waals surface area contributed by atoms with E-state index in [2.05, 4.69) is 21.1 Å². The van der Waals surface area contributed by atoms with Crippen LogP contribution in [0.5, 0.6) is 0 Å². The summed E-state index contributed by atoms with van der Waals surface area (Å²) in [5.41, 5.74) is 2.11. The van der Waals surface area contributed by atoms with Crippen LogP contribution in [0.3, 0.4) is 0 Å². The molecule has 4 amide bonds. The quantitative estimate of drug-likeness (QED) is 0.289. The first-order valence-electron chi connectivity index (χ1n) is 17.9.